The molecule has 0 unspecified atom stereocenters. The van der Waals surface area contributed by atoms with Gasteiger partial charge in [-0.05, 0) is 26.7 Å². The zero-order valence-electron chi connectivity index (χ0n) is 12.7. The van der Waals surface area contributed by atoms with E-state index in [1.54, 1.807) is 0 Å². The fraction of sp³-hybridized carbons (Fsp3) is 0.786. The van der Waals surface area contributed by atoms with Gasteiger partial charge >= 0.3 is 0 Å². The van der Waals surface area contributed by atoms with E-state index in [0.29, 0.717) is 6.04 Å². The van der Waals surface area contributed by atoms with E-state index < -0.39 is 0 Å². The molecule has 0 radical (unpaired) electrons. The highest BCUT2D eigenvalue weighted by Crippen LogP contribution is 2.29. The number of anilines is 1. The Morgan fingerprint density at radius 2 is 2.05 bits per heavy atom. The summed E-state index contributed by atoms with van der Waals surface area (Å²) in [5, 5.41) is 15.2. The molecule has 1 atom stereocenters. The first-order valence-electron chi connectivity index (χ1n) is 7.73. The first-order valence-corrected chi connectivity index (χ1v) is 9.43. The summed E-state index contributed by atoms with van der Waals surface area (Å²) in [6.07, 6.45) is 7.30. The molecule has 1 aliphatic rings. The van der Waals surface area contributed by atoms with Gasteiger partial charge in [0.05, 0.1) is 5.25 Å². The summed E-state index contributed by atoms with van der Waals surface area (Å²) in [6, 6.07) is 0.356. The van der Waals surface area contributed by atoms with Crippen LogP contribution in [0.2, 0.25) is 0 Å². The molecule has 5 nitrogen and oxygen atoms in total. The molecule has 2 N–H and O–H groups in total. The van der Waals surface area contributed by atoms with Crippen LogP contribution in [0, 0.1) is 0 Å². The molecule has 1 aromatic heterocycles. The first-order chi connectivity index (χ1) is 10.2. The lowest BCUT2D eigenvalue weighted by molar-refractivity contribution is -0.121. The Morgan fingerprint density at radius 3 is 2.71 bits per heavy atom. The SMILES string of the molecule is CCNc1nnc(S[C@H](C)C(=O)NC2CCCCCC2)s1. The average Bonchev–Trinajstić information content (AvgIpc) is 2.73. The highest BCUT2D eigenvalue weighted by Gasteiger charge is 2.21. The van der Waals surface area contributed by atoms with Crippen molar-refractivity contribution in [3.05, 3.63) is 0 Å². The third kappa shape index (κ3) is 5.47. The largest absolute Gasteiger partial charge is 0.360 e. The van der Waals surface area contributed by atoms with Crippen molar-refractivity contribution in [1.29, 1.82) is 0 Å². The molecular formula is C14H24N4OS2. The van der Waals surface area contributed by atoms with Crippen molar-refractivity contribution in [3.63, 3.8) is 0 Å². The Balaban J connectivity index is 1.80. The topological polar surface area (TPSA) is 66.9 Å². The van der Waals surface area contributed by atoms with Gasteiger partial charge in [-0.3, -0.25) is 4.79 Å². The van der Waals surface area contributed by atoms with Crippen LogP contribution >= 0.6 is 23.1 Å². The lowest BCUT2D eigenvalue weighted by Gasteiger charge is -2.18. The molecule has 1 saturated carbocycles. The quantitative estimate of drug-likeness (QED) is 0.619. The van der Waals surface area contributed by atoms with Crippen molar-refractivity contribution < 1.29 is 4.79 Å². The highest BCUT2D eigenvalue weighted by molar-refractivity contribution is 8.02. The van der Waals surface area contributed by atoms with Crippen molar-refractivity contribution in [3.8, 4) is 0 Å². The summed E-state index contributed by atoms with van der Waals surface area (Å²) in [6.45, 7) is 4.79. The molecule has 2 rings (SSSR count). The Morgan fingerprint density at radius 1 is 1.33 bits per heavy atom. The molecule has 0 aliphatic heterocycles. The molecule has 1 aromatic rings. The Kier molecular flexibility index (Phi) is 6.76. The van der Waals surface area contributed by atoms with E-state index in [4.69, 9.17) is 0 Å². The standard InChI is InChI=1S/C14H24N4OS2/c1-3-15-13-17-18-14(21-13)20-10(2)12(19)16-11-8-6-4-5-7-9-11/h10-11H,3-9H2,1-2H3,(H,15,17)(H,16,19)/t10-/m1/s1. The van der Waals surface area contributed by atoms with Crippen LogP contribution in [0.1, 0.15) is 52.4 Å². The Bertz CT molecular complexity index is 444. The summed E-state index contributed by atoms with van der Waals surface area (Å²) >= 11 is 2.99. The van der Waals surface area contributed by atoms with Crippen LogP contribution < -0.4 is 10.6 Å². The van der Waals surface area contributed by atoms with Crippen LogP contribution in [0.3, 0.4) is 0 Å². The van der Waals surface area contributed by atoms with E-state index in [0.717, 1.165) is 28.9 Å². The van der Waals surface area contributed by atoms with Crippen molar-refractivity contribution in [2.45, 2.75) is 68.0 Å². The van der Waals surface area contributed by atoms with Gasteiger partial charge in [0.25, 0.3) is 0 Å². The van der Waals surface area contributed by atoms with Gasteiger partial charge in [0, 0.05) is 12.6 Å². The maximum absolute atomic E-state index is 12.3. The molecule has 118 valence electrons. The summed E-state index contributed by atoms with van der Waals surface area (Å²) in [7, 11) is 0. The molecule has 0 spiro atoms. The normalized spacial score (nSPS) is 18.0. The van der Waals surface area contributed by atoms with Crippen LogP contribution in [0.5, 0.6) is 0 Å². The van der Waals surface area contributed by atoms with Gasteiger partial charge < -0.3 is 10.6 Å². The molecule has 1 aliphatic carbocycles. The van der Waals surface area contributed by atoms with Crippen molar-refractivity contribution in [2.75, 3.05) is 11.9 Å². The fourth-order valence-electron chi connectivity index (χ4n) is 2.43. The van der Waals surface area contributed by atoms with Gasteiger partial charge in [0.2, 0.25) is 11.0 Å². The average molecular weight is 329 g/mol. The van der Waals surface area contributed by atoms with E-state index in [9.17, 15) is 4.79 Å². The van der Waals surface area contributed by atoms with Gasteiger partial charge in [-0.1, -0.05) is 48.8 Å². The number of amides is 1. The smallest absolute Gasteiger partial charge is 0.233 e. The molecule has 1 fully saturated rings. The second-order valence-electron chi connectivity index (χ2n) is 5.36. The number of hydrogen-bond donors (Lipinski definition) is 2. The minimum atomic E-state index is -0.129. The summed E-state index contributed by atoms with van der Waals surface area (Å²) in [5.74, 6) is 0.118. The number of aromatic nitrogens is 2. The van der Waals surface area contributed by atoms with Gasteiger partial charge in [-0.2, -0.15) is 0 Å². The molecule has 7 heteroatoms. The second kappa shape index (κ2) is 8.58. The molecular weight excluding hydrogens is 304 g/mol. The third-order valence-electron chi connectivity index (χ3n) is 3.58. The summed E-state index contributed by atoms with van der Waals surface area (Å²) < 4.78 is 0.842. The Labute approximate surface area is 134 Å². The van der Waals surface area contributed by atoms with E-state index in [2.05, 4.69) is 20.8 Å². The lowest BCUT2D eigenvalue weighted by Crippen LogP contribution is -2.39. The number of carbonyl (C=O) groups is 1. The number of hydrogen-bond acceptors (Lipinski definition) is 6. The molecule has 21 heavy (non-hydrogen) atoms. The molecule has 1 heterocycles. The Hall–Kier alpha value is -0.820. The summed E-state index contributed by atoms with van der Waals surface area (Å²) in [4.78, 5) is 12.3. The van der Waals surface area contributed by atoms with Gasteiger partial charge in [0.15, 0.2) is 4.34 Å². The number of nitrogens with one attached hydrogen (secondary N) is 2. The van der Waals surface area contributed by atoms with Crippen LogP contribution in [-0.2, 0) is 4.79 Å². The summed E-state index contributed by atoms with van der Waals surface area (Å²) in [5.41, 5.74) is 0. The van der Waals surface area contributed by atoms with E-state index in [-0.39, 0.29) is 11.2 Å². The minimum Gasteiger partial charge on any atom is -0.360 e. The number of rotatable bonds is 6. The van der Waals surface area contributed by atoms with Gasteiger partial charge in [0.1, 0.15) is 0 Å². The van der Waals surface area contributed by atoms with E-state index >= 15 is 0 Å². The monoisotopic (exact) mass is 328 g/mol. The maximum Gasteiger partial charge on any atom is 0.233 e. The van der Waals surface area contributed by atoms with Gasteiger partial charge in [-0.15, -0.1) is 10.2 Å². The number of thioether (sulfide) groups is 1. The molecule has 0 saturated heterocycles. The van der Waals surface area contributed by atoms with E-state index in [1.807, 2.05) is 13.8 Å². The second-order valence-corrected chi connectivity index (χ2v) is 7.93. The van der Waals surface area contributed by atoms with Crippen LogP contribution in [0.4, 0.5) is 5.13 Å². The van der Waals surface area contributed by atoms with Crippen LogP contribution in [-0.4, -0.2) is 33.9 Å². The van der Waals surface area contributed by atoms with Crippen molar-refractivity contribution in [2.24, 2.45) is 0 Å². The van der Waals surface area contributed by atoms with Crippen LogP contribution in [0.15, 0.2) is 4.34 Å². The fourth-order valence-corrected chi connectivity index (χ4v) is 4.40. The predicted octanol–water partition coefficient (Wildman–Crippen LogP) is 3.29. The van der Waals surface area contributed by atoms with Crippen molar-refractivity contribution in [1.82, 2.24) is 15.5 Å². The maximum atomic E-state index is 12.3. The first kappa shape index (κ1) is 16.5. The molecule has 1 amide bonds. The predicted molar refractivity (Wildman–Crippen MR) is 89.0 cm³/mol. The molecule has 0 aromatic carbocycles. The van der Waals surface area contributed by atoms with Crippen molar-refractivity contribution >= 4 is 34.1 Å². The zero-order valence-corrected chi connectivity index (χ0v) is 14.4. The lowest BCUT2D eigenvalue weighted by atomic mass is 10.1. The zero-order chi connectivity index (χ0) is 15.1. The highest BCUT2D eigenvalue weighted by atomic mass is 32.2. The minimum absolute atomic E-state index is 0.118. The number of carbonyl (C=O) groups excluding carboxylic acids is 1. The third-order valence-corrected chi connectivity index (χ3v) is 5.65. The van der Waals surface area contributed by atoms with Crippen LogP contribution in [0.25, 0.3) is 0 Å². The van der Waals surface area contributed by atoms with E-state index in [1.165, 1.54) is 48.8 Å². The van der Waals surface area contributed by atoms with Gasteiger partial charge in [-0.25, -0.2) is 0 Å². The molecule has 0 bridgehead atoms. The number of nitrogens with zero attached hydrogens (tertiary/aromatic N) is 2.